The maximum absolute atomic E-state index is 2.38. The lowest BCUT2D eigenvalue weighted by Crippen LogP contribution is -2.09. The zero-order chi connectivity index (χ0) is 26.6. The third-order valence-electron chi connectivity index (χ3n) is 8.41. The highest BCUT2D eigenvalue weighted by Gasteiger charge is 2.19. The molecule has 1 heterocycles. The van der Waals surface area contributed by atoms with E-state index in [0.29, 0.717) is 0 Å². The summed E-state index contributed by atoms with van der Waals surface area (Å²) in [4.78, 5) is 2.32. The standard InChI is InChI=1S/C38H28N2/c1-39-37-24-27(26-16-17-29-22-28-10-8-9-15-33(28)36(29)23-26)18-20-34(37)35-21-19-32(25-38(35)39)40(30-11-4-2-5-12-30)31-13-6-3-7-14-31/h2-21,23-25H,22H2,1H3. The minimum atomic E-state index is 1.03. The molecule has 0 aliphatic heterocycles. The fourth-order valence-electron chi connectivity index (χ4n) is 6.42. The van der Waals surface area contributed by atoms with Gasteiger partial charge in [-0.1, -0.05) is 91.0 Å². The Morgan fingerprint density at radius 1 is 0.475 bits per heavy atom. The van der Waals surface area contributed by atoms with Gasteiger partial charge in [-0.25, -0.2) is 0 Å². The molecule has 0 N–H and O–H groups in total. The smallest absolute Gasteiger partial charge is 0.0509 e. The Hall–Kier alpha value is -5.08. The summed E-state index contributed by atoms with van der Waals surface area (Å²) in [5.41, 5.74) is 14.0. The molecule has 0 saturated carbocycles. The van der Waals surface area contributed by atoms with Crippen molar-refractivity contribution in [3.8, 4) is 22.3 Å². The Balaban J connectivity index is 1.25. The monoisotopic (exact) mass is 512 g/mol. The van der Waals surface area contributed by atoms with Gasteiger partial charge in [0, 0.05) is 40.4 Å². The predicted molar refractivity (Wildman–Crippen MR) is 169 cm³/mol. The fraction of sp³-hybridized carbons (Fsp3) is 0.0526. The predicted octanol–water partition coefficient (Wildman–Crippen LogP) is 10.0. The van der Waals surface area contributed by atoms with Crippen LogP contribution in [-0.2, 0) is 13.5 Å². The van der Waals surface area contributed by atoms with Crippen LogP contribution in [0.2, 0.25) is 0 Å². The summed E-state index contributed by atoms with van der Waals surface area (Å²) in [6.07, 6.45) is 1.03. The van der Waals surface area contributed by atoms with Crippen LogP contribution in [0.15, 0.2) is 140 Å². The number of aryl methyl sites for hydroxylation is 1. The first-order valence-electron chi connectivity index (χ1n) is 13.9. The van der Waals surface area contributed by atoms with Gasteiger partial charge in [-0.3, -0.25) is 0 Å². The molecule has 0 radical (unpaired) electrons. The van der Waals surface area contributed by atoms with Crippen molar-refractivity contribution in [3.05, 3.63) is 151 Å². The van der Waals surface area contributed by atoms with Gasteiger partial charge in [-0.05, 0) is 88.3 Å². The molecule has 1 aromatic heterocycles. The van der Waals surface area contributed by atoms with E-state index in [-0.39, 0.29) is 0 Å². The largest absolute Gasteiger partial charge is 0.344 e. The van der Waals surface area contributed by atoms with Crippen LogP contribution >= 0.6 is 0 Å². The lowest BCUT2D eigenvalue weighted by Gasteiger charge is -2.25. The number of fused-ring (bicyclic) bond motifs is 6. The third-order valence-corrected chi connectivity index (χ3v) is 8.41. The van der Waals surface area contributed by atoms with Gasteiger partial charge < -0.3 is 9.47 Å². The van der Waals surface area contributed by atoms with E-state index in [9.17, 15) is 0 Å². The topological polar surface area (TPSA) is 8.17 Å². The first kappa shape index (κ1) is 22.9. The Morgan fingerprint density at radius 2 is 1.05 bits per heavy atom. The van der Waals surface area contributed by atoms with Crippen LogP contribution in [0.4, 0.5) is 17.1 Å². The summed E-state index contributed by atoms with van der Waals surface area (Å²) >= 11 is 0. The molecule has 0 amide bonds. The van der Waals surface area contributed by atoms with E-state index < -0.39 is 0 Å². The Bertz CT molecular complexity index is 1990. The lowest BCUT2D eigenvalue weighted by molar-refractivity contribution is 1.01. The number of anilines is 3. The van der Waals surface area contributed by atoms with Crippen LogP contribution in [0.1, 0.15) is 11.1 Å². The van der Waals surface area contributed by atoms with Gasteiger partial charge in [0.25, 0.3) is 0 Å². The van der Waals surface area contributed by atoms with Gasteiger partial charge in [0.05, 0.1) is 5.52 Å². The van der Waals surface area contributed by atoms with Gasteiger partial charge in [0.15, 0.2) is 0 Å². The van der Waals surface area contributed by atoms with Crippen molar-refractivity contribution in [2.45, 2.75) is 6.42 Å². The quantitative estimate of drug-likeness (QED) is 0.228. The van der Waals surface area contributed by atoms with Crippen molar-refractivity contribution in [2.24, 2.45) is 7.05 Å². The van der Waals surface area contributed by atoms with E-state index in [4.69, 9.17) is 0 Å². The summed E-state index contributed by atoms with van der Waals surface area (Å²) < 4.78 is 2.34. The summed E-state index contributed by atoms with van der Waals surface area (Å²) in [6.45, 7) is 0. The van der Waals surface area contributed by atoms with Gasteiger partial charge in [0.1, 0.15) is 0 Å². The molecule has 0 fully saturated rings. The third kappa shape index (κ3) is 3.57. The van der Waals surface area contributed by atoms with Gasteiger partial charge in [0.2, 0.25) is 0 Å². The van der Waals surface area contributed by atoms with Crippen LogP contribution in [0.25, 0.3) is 44.1 Å². The molecule has 0 atom stereocenters. The SMILES string of the molecule is Cn1c2cc(-c3ccc4c(c3)-c3ccccc3C4)ccc2c2ccc(N(c3ccccc3)c3ccccc3)cc21. The molecule has 1 aliphatic rings. The molecule has 1 aliphatic carbocycles. The molecular formula is C38H28N2. The molecule has 40 heavy (non-hydrogen) atoms. The average molecular weight is 513 g/mol. The molecule has 0 unspecified atom stereocenters. The number of rotatable bonds is 4. The summed E-state index contributed by atoms with van der Waals surface area (Å²) in [7, 11) is 2.19. The van der Waals surface area contributed by atoms with Crippen molar-refractivity contribution in [2.75, 3.05) is 4.90 Å². The van der Waals surface area contributed by atoms with Crippen LogP contribution < -0.4 is 4.90 Å². The number of aromatic nitrogens is 1. The minimum absolute atomic E-state index is 1.03. The van der Waals surface area contributed by atoms with E-state index in [1.807, 2.05) is 0 Å². The number of para-hydroxylation sites is 2. The molecular weight excluding hydrogens is 484 g/mol. The molecule has 6 aromatic carbocycles. The van der Waals surface area contributed by atoms with Crippen LogP contribution in [0, 0.1) is 0 Å². The Morgan fingerprint density at radius 3 is 1.80 bits per heavy atom. The highest BCUT2D eigenvalue weighted by molar-refractivity contribution is 6.10. The minimum Gasteiger partial charge on any atom is -0.344 e. The second-order valence-corrected chi connectivity index (χ2v) is 10.7. The van der Waals surface area contributed by atoms with E-state index in [1.54, 1.807) is 0 Å². The van der Waals surface area contributed by atoms with Crippen LogP contribution in [0.5, 0.6) is 0 Å². The Labute approximate surface area is 234 Å². The van der Waals surface area contributed by atoms with Crippen molar-refractivity contribution in [3.63, 3.8) is 0 Å². The molecule has 0 bridgehead atoms. The highest BCUT2D eigenvalue weighted by atomic mass is 15.1. The molecule has 2 heteroatoms. The molecule has 8 rings (SSSR count). The first-order valence-corrected chi connectivity index (χ1v) is 13.9. The lowest BCUT2D eigenvalue weighted by atomic mass is 9.98. The van der Waals surface area contributed by atoms with E-state index in [1.165, 1.54) is 55.2 Å². The maximum Gasteiger partial charge on any atom is 0.0509 e. The number of nitrogens with zero attached hydrogens (tertiary/aromatic N) is 2. The van der Waals surface area contributed by atoms with Gasteiger partial charge >= 0.3 is 0 Å². The summed E-state index contributed by atoms with van der Waals surface area (Å²) in [6, 6.07) is 50.7. The molecule has 2 nitrogen and oxygen atoms in total. The van der Waals surface area contributed by atoms with E-state index in [2.05, 4.69) is 156 Å². The number of benzene rings is 6. The molecule has 0 saturated heterocycles. The molecule has 0 spiro atoms. The zero-order valence-corrected chi connectivity index (χ0v) is 22.4. The average Bonchev–Trinajstić information content (AvgIpc) is 3.52. The van der Waals surface area contributed by atoms with Crippen molar-refractivity contribution in [1.29, 1.82) is 0 Å². The number of hydrogen-bond acceptors (Lipinski definition) is 1. The van der Waals surface area contributed by atoms with E-state index >= 15 is 0 Å². The molecule has 7 aromatic rings. The normalized spacial score (nSPS) is 12.0. The highest BCUT2D eigenvalue weighted by Crippen LogP contribution is 2.41. The first-order chi connectivity index (χ1) is 19.7. The second-order valence-electron chi connectivity index (χ2n) is 10.7. The van der Waals surface area contributed by atoms with Gasteiger partial charge in [-0.2, -0.15) is 0 Å². The van der Waals surface area contributed by atoms with Gasteiger partial charge in [-0.15, -0.1) is 0 Å². The zero-order valence-electron chi connectivity index (χ0n) is 22.4. The van der Waals surface area contributed by atoms with Crippen LogP contribution in [-0.4, -0.2) is 4.57 Å². The fourth-order valence-corrected chi connectivity index (χ4v) is 6.42. The van der Waals surface area contributed by atoms with Crippen molar-refractivity contribution < 1.29 is 0 Å². The second kappa shape index (κ2) is 9.00. The number of hydrogen-bond donors (Lipinski definition) is 0. The summed E-state index contributed by atoms with van der Waals surface area (Å²) in [5, 5.41) is 2.56. The Kier molecular flexibility index (Phi) is 5.14. The van der Waals surface area contributed by atoms with Crippen molar-refractivity contribution in [1.82, 2.24) is 4.57 Å². The maximum atomic E-state index is 2.38. The molecule has 190 valence electrons. The van der Waals surface area contributed by atoms with Crippen LogP contribution in [0.3, 0.4) is 0 Å². The summed E-state index contributed by atoms with van der Waals surface area (Å²) in [5.74, 6) is 0. The van der Waals surface area contributed by atoms with Crippen molar-refractivity contribution >= 4 is 38.9 Å². The van der Waals surface area contributed by atoms with E-state index in [0.717, 1.165) is 23.5 Å².